The zero-order chi connectivity index (χ0) is 35.6. The van der Waals surface area contributed by atoms with Gasteiger partial charge in [-0.05, 0) is 43.5 Å². The molecule has 0 radical (unpaired) electrons. The summed E-state index contributed by atoms with van der Waals surface area (Å²) in [6.45, 7) is 2.72. The number of nitrogens with zero attached hydrogens (tertiary/aromatic N) is 6. The maximum atomic E-state index is 17.0. The standard InChI is InChI=1S/C35H31ClF5N7O2S/c36-22-8-19-27(26(39)25(22)18-2-3-23(38)28-24(18)20(11-42)29(43)51-28)44-32(50-16-34-4-1-6-48(34)12-17(37)9-34)45-30(19)47-14-33(15-47)5-7-46(13-33)31(49)21-10-35(21,40)41/h2-3,8,17,21H,1,4-7,9-10,12-16,43H2/t17-,21?,34+/m1/s1. The van der Waals surface area contributed by atoms with Gasteiger partial charge in [-0.2, -0.15) is 15.2 Å². The molecule has 1 saturated carbocycles. The lowest BCUT2D eigenvalue weighted by Crippen LogP contribution is -2.58. The fourth-order valence-corrected chi connectivity index (χ4v) is 10.1. The van der Waals surface area contributed by atoms with Gasteiger partial charge in [-0.1, -0.05) is 17.7 Å². The van der Waals surface area contributed by atoms with Crippen molar-refractivity contribution in [2.75, 3.05) is 56.5 Å². The molecule has 9 nitrogen and oxygen atoms in total. The van der Waals surface area contributed by atoms with Crippen molar-refractivity contribution in [2.45, 2.75) is 49.7 Å². The third-order valence-electron chi connectivity index (χ3n) is 11.5. The number of fused-ring (bicyclic) bond motifs is 3. The quantitative estimate of drug-likeness (QED) is 0.222. The van der Waals surface area contributed by atoms with Gasteiger partial charge in [0.1, 0.15) is 46.9 Å². The number of carbonyl (C=O) groups excluding carboxylic acids is 1. The highest BCUT2D eigenvalue weighted by atomic mass is 35.5. The molecule has 6 heterocycles. The number of aromatic nitrogens is 2. The predicted molar refractivity (Wildman–Crippen MR) is 182 cm³/mol. The van der Waals surface area contributed by atoms with E-state index in [9.17, 15) is 27.6 Å². The van der Waals surface area contributed by atoms with Gasteiger partial charge >= 0.3 is 6.01 Å². The van der Waals surface area contributed by atoms with Crippen LogP contribution in [0.5, 0.6) is 6.01 Å². The van der Waals surface area contributed by atoms with Gasteiger partial charge in [-0.15, -0.1) is 11.3 Å². The normalized spacial score (nSPS) is 26.2. The number of hydrogen-bond acceptors (Lipinski definition) is 9. The van der Waals surface area contributed by atoms with E-state index in [0.717, 1.165) is 30.7 Å². The molecule has 266 valence electrons. The Labute approximate surface area is 297 Å². The number of alkyl halides is 3. The summed E-state index contributed by atoms with van der Waals surface area (Å²) in [4.78, 5) is 27.5. The number of carbonyl (C=O) groups is 1. The molecule has 51 heavy (non-hydrogen) atoms. The Kier molecular flexibility index (Phi) is 7.25. The molecule has 9 rings (SSSR count). The number of thiophene rings is 1. The molecular formula is C35H31ClF5N7O2S. The molecule has 3 atom stereocenters. The smallest absolute Gasteiger partial charge is 0.319 e. The van der Waals surface area contributed by atoms with Crippen LogP contribution in [0.4, 0.5) is 32.8 Å². The number of anilines is 2. The molecule has 4 aliphatic heterocycles. The topological polar surface area (TPSA) is 112 Å². The minimum atomic E-state index is -2.94. The molecule has 5 fully saturated rings. The number of likely N-dealkylation sites (tertiary alicyclic amines) is 1. The number of rotatable bonds is 6. The second-order valence-corrected chi connectivity index (χ2v) is 16.2. The molecule has 5 aliphatic rings. The van der Waals surface area contributed by atoms with Crippen molar-refractivity contribution >= 4 is 60.7 Å². The van der Waals surface area contributed by atoms with Crippen molar-refractivity contribution in [3.8, 4) is 23.2 Å². The minimum Gasteiger partial charge on any atom is -0.461 e. The van der Waals surface area contributed by atoms with Crippen molar-refractivity contribution in [1.82, 2.24) is 19.8 Å². The average Bonchev–Trinajstić information content (AvgIpc) is 3.53. The maximum Gasteiger partial charge on any atom is 0.319 e. The number of ether oxygens (including phenoxy) is 1. The van der Waals surface area contributed by atoms with Crippen LogP contribution in [-0.2, 0) is 4.79 Å². The Hall–Kier alpha value is -4.00. The van der Waals surface area contributed by atoms with Crippen molar-refractivity contribution in [1.29, 1.82) is 5.26 Å². The minimum absolute atomic E-state index is 0.0101. The lowest BCUT2D eigenvalue weighted by atomic mass is 9.79. The van der Waals surface area contributed by atoms with Crippen LogP contribution in [0.3, 0.4) is 0 Å². The number of halogens is 6. The molecule has 4 saturated heterocycles. The van der Waals surface area contributed by atoms with Gasteiger partial charge in [0.25, 0.3) is 5.92 Å². The second-order valence-electron chi connectivity index (χ2n) is 14.8. The van der Waals surface area contributed by atoms with Crippen LogP contribution in [0.15, 0.2) is 18.2 Å². The lowest BCUT2D eigenvalue weighted by molar-refractivity contribution is -0.134. The summed E-state index contributed by atoms with van der Waals surface area (Å²) in [6.07, 6.45) is 1.16. The summed E-state index contributed by atoms with van der Waals surface area (Å²) < 4.78 is 80.1. The molecule has 1 unspecified atom stereocenters. The van der Waals surface area contributed by atoms with Crippen LogP contribution in [-0.4, -0.2) is 89.2 Å². The first-order valence-corrected chi connectivity index (χ1v) is 18.1. The monoisotopic (exact) mass is 743 g/mol. The van der Waals surface area contributed by atoms with Crippen molar-refractivity contribution in [3.63, 3.8) is 0 Å². The highest BCUT2D eigenvalue weighted by Crippen LogP contribution is 2.52. The van der Waals surface area contributed by atoms with Gasteiger partial charge in [0.05, 0.1) is 20.8 Å². The van der Waals surface area contributed by atoms with Gasteiger partial charge in [-0.25, -0.2) is 22.0 Å². The summed E-state index contributed by atoms with van der Waals surface area (Å²) >= 11 is 7.71. The molecular weight excluding hydrogens is 713 g/mol. The van der Waals surface area contributed by atoms with Gasteiger partial charge < -0.3 is 20.3 Å². The molecule has 1 aliphatic carbocycles. The molecule has 2 N–H and O–H groups in total. The third kappa shape index (κ3) is 5.03. The lowest BCUT2D eigenvalue weighted by Gasteiger charge is -2.49. The first kappa shape index (κ1) is 32.9. The van der Waals surface area contributed by atoms with E-state index in [1.807, 2.05) is 11.0 Å². The first-order chi connectivity index (χ1) is 24.3. The second kappa shape index (κ2) is 11.2. The number of nitrogens with two attached hydrogens (primary N) is 1. The number of nitriles is 1. The first-order valence-electron chi connectivity index (χ1n) is 16.9. The van der Waals surface area contributed by atoms with E-state index in [-0.39, 0.29) is 65.7 Å². The van der Waals surface area contributed by atoms with Crippen LogP contribution >= 0.6 is 22.9 Å². The van der Waals surface area contributed by atoms with Crippen LogP contribution in [0.1, 0.15) is 37.7 Å². The van der Waals surface area contributed by atoms with E-state index in [1.165, 1.54) is 23.1 Å². The molecule has 2 aromatic heterocycles. The number of hydrogen-bond donors (Lipinski definition) is 1. The largest absolute Gasteiger partial charge is 0.461 e. The predicted octanol–water partition coefficient (Wildman–Crippen LogP) is 6.55. The fourth-order valence-electron chi connectivity index (χ4n) is 8.86. The Morgan fingerprint density at radius 3 is 2.69 bits per heavy atom. The summed E-state index contributed by atoms with van der Waals surface area (Å²) in [5.41, 5.74) is 5.14. The molecule has 1 amide bonds. The van der Waals surface area contributed by atoms with Crippen molar-refractivity contribution in [3.05, 3.63) is 40.4 Å². The van der Waals surface area contributed by atoms with Gasteiger partial charge in [0, 0.05) is 67.3 Å². The third-order valence-corrected chi connectivity index (χ3v) is 12.8. The average molecular weight is 744 g/mol. The molecule has 2 aromatic carbocycles. The fraction of sp³-hybridized carbons (Fsp3) is 0.486. The maximum absolute atomic E-state index is 17.0. The van der Waals surface area contributed by atoms with Crippen LogP contribution in [0.2, 0.25) is 5.02 Å². The zero-order valence-corrected chi connectivity index (χ0v) is 28.7. The Morgan fingerprint density at radius 1 is 1.16 bits per heavy atom. The van der Waals surface area contributed by atoms with E-state index in [2.05, 4.69) is 9.88 Å². The van der Waals surface area contributed by atoms with Crippen LogP contribution < -0.4 is 15.4 Å². The number of benzene rings is 2. The summed E-state index contributed by atoms with van der Waals surface area (Å²) in [5, 5.41) is 10.3. The van der Waals surface area contributed by atoms with Gasteiger partial charge in [0.15, 0.2) is 5.82 Å². The van der Waals surface area contributed by atoms with Gasteiger partial charge in [0.2, 0.25) is 5.91 Å². The molecule has 4 aromatic rings. The molecule has 0 bridgehead atoms. The highest BCUT2D eigenvalue weighted by Gasteiger charge is 2.63. The van der Waals surface area contributed by atoms with E-state index in [4.69, 9.17) is 27.1 Å². The Morgan fingerprint density at radius 2 is 1.94 bits per heavy atom. The summed E-state index contributed by atoms with van der Waals surface area (Å²) in [7, 11) is 0. The number of amides is 1. The SMILES string of the molecule is N#Cc1c(N)sc2c(F)ccc(-c3c(Cl)cc4c(N5CC6(CCN(C(=O)C7CC7(F)F)C6)C5)nc(OC[C@@]56CCCN5C[C@H](F)C6)nc4c3F)c12. The van der Waals surface area contributed by atoms with Crippen molar-refractivity contribution < 1.29 is 31.5 Å². The van der Waals surface area contributed by atoms with E-state index < -0.39 is 47.5 Å². The molecule has 16 heteroatoms. The van der Waals surface area contributed by atoms with Crippen LogP contribution in [0, 0.1) is 34.3 Å². The molecule has 1 spiro atoms. The van der Waals surface area contributed by atoms with Crippen molar-refractivity contribution in [2.24, 2.45) is 11.3 Å². The summed E-state index contributed by atoms with van der Waals surface area (Å²) in [6, 6.07) is 5.93. The van der Waals surface area contributed by atoms with E-state index in [0.29, 0.717) is 51.4 Å². The Balaban J connectivity index is 1.11. The van der Waals surface area contributed by atoms with Crippen LogP contribution in [0.25, 0.3) is 32.1 Å². The zero-order valence-electron chi connectivity index (χ0n) is 27.1. The van der Waals surface area contributed by atoms with Gasteiger partial charge in [-0.3, -0.25) is 9.69 Å². The van der Waals surface area contributed by atoms with E-state index in [1.54, 1.807) is 0 Å². The highest BCUT2D eigenvalue weighted by molar-refractivity contribution is 7.23. The van der Waals surface area contributed by atoms with E-state index >= 15 is 4.39 Å². The Bertz CT molecular complexity index is 2210. The summed E-state index contributed by atoms with van der Waals surface area (Å²) in [5.74, 6) is -5.84. The number of nitrogen functional groups attached to an aromatic ring is 1.